The van der Waals surface area contributed by atoms with Gasteiger partial charge in [0.25, 0.3) is 5.91 Å². The summed E-state index contributed by atoms with van der Waals surface area (Å²) >= 11 is 0. The zero-order valence-electron chi connectivity index (χ0n) is 15.2. The number of amides is 1. The average molecular weight is 357 g/mol. The van der Waals surface area contributed by atoms with E-state index in [1.807, 2.05) is 31.2 Å². The van der Waals surface area contributed by atoms with Crippen LogP contribution in [0.25, 0.3) is 16.7 Å². The zero-order chi connectivity index (χ0) is 18.8. The Balaban J connectivity index is 1.65. The fourth-order valence-corrected chi connectivity index (χ4v) is 2.87. The van der Waals surface area contributed by atoms with E-state index in [9.17, 15) is 4.79 Å². The minimum absolute atomic E-state index is 0.201. The number of carbonyl (C=O) groups excluding carboxylic acids is 1. The summed E-state index contributed by atoms with van der Waals surface area (Å²) in [4.78, 5) is 18.0. The molecule has 4 rings (SSSR count). The van der Waals surface area contributed by atoms with Gasteiger partial charge in [-0.15, -0.1) is 10.2 Å². The van der Waals surface area contributed by atoms with Crippen LogP contribution in [0.4, 0.5) is 5.69 Å². The first-order valence-corrected chi connectivity index (χ1v) is 8.82. The summed E-state index contributed by atoms with van der Waals surface area (Å²) in [7, 11) is 0. The van der Waals surface area contributed by atoms with Crippen LogP contribution < -0.4 is 5.32 Å². The maximum Gasteiger partial charge on any atom is 0.257 e. The Hall–Kier alpha value is -3.54. The van der Waals surface area contributed by atoms with Crippen LogP contribution in [-0.4, -0.2) is 25.9 Å². The number of anilines is 1. The van der Waals surface area contributed by atoms with E-state index in [1.54, 1.807) is 29.3 Å². The van der Waals surface area contributed by atoms with Crippen molar-refractivity contribution in [2.24, 2.45) is 0 Å². The van der Waals surface area contributed by atoms with Gasteiger partial charge in [-0.3, -0.25) is 9.78 Å². The van der Waals surface area contributed by atoms with Crippen molar-refractivity contribution in [2.45, 2.75) is 20.3 Å². The van der Waals surface area contributed by atoms with E-state index in [-0.39, 0.29) is 5.91 Å². The summed E-state index contributed by atoms with van der Waals surface area (Å²) in [6, 6.07) is 15.4. The van der Waals surface area contributed by atoms with Crippen molar-refractivity contribution in [3.8, 4) is 5.69 Å². The Labute approximate surface area is 156 Å². The number of benzene rings is 2. The standard InChI is InChI=1S/C21H19N5O/c1-3-15-6-8-17(9-7-15)26-24-19-11-14(2)18(12-20(19)25-26)23-21(27)16-5-4-10-22-13-16/h4-13H,3H2,1-2H3,(H,23,27). The van der Waals surface area contributed by atoms with Crippen LogP contribution in [0.5, 0.6) is 0 Å². The van der Waals surface area contributed by atoms with Crippen LogP contribution in [0.15, 0.2) is 60.9 Å². The topological polar surface area (TPSA) is 72.7 Å². The van der Waals surface area contributed by atoms with Gasteiger partial charge in [0.2, 0.25) is 0 Å². The van der Waals surface area contributed by atoms with Crippen LogP contribution in [0, 0.1) is 6.92 Å². The first kappa shape index (κ1) is 16.9. The Morgan fingerprint density at radius 1 is 1.07 bits per heavy atom. The number of carbonyl (C=O) groups is 1. The zero-order valence-corrected chi connectivity index (χ0v) is 15.2. The molecule has 0 aliphatic carbocycles. The molecule has 0 saturated carbocycles. The van der Waals surface area contributed by atoms with Gasteiger partial charge in [-0.25, -0.2) is 0 Å². The number of aromatic nitrogens is 4. The molecular formula is C21H19N5O. The monoisotopic (exact) mass is 357 g/mol. The summed E-state index contributed by atoms with van der Waals surface area (Å²) in [5, 5.41) is 12.0. The summed E-state index contributed by atoms with van der Waals surface area (Å²) in [5.41, 5.74) is 5.83. The quantitative estimate of drug-likeness (QED) is 0.600. The first-order valence-electron chi connectivity index (χ1n) is 8.82. The van der Waals surface area contributed by atoms with E-state index < -0.39 is 0 Å². The van der Waals surface area contributed by atoms with Crippen molar-refractivity contribution in [2.75, 3.05) is 5.32 Å². The lowest BCUT2D eigenvalue weighted by atomic mass is 10.1. The molecule has 2 heterocycles. The molecule has 6 heteroatoms. The van der Waals surface area contributed by atoms with E-state index in [2.05, 4.69) is 39.6 Å². The van der Waals surface area contributed by atoms with Crippen molar-refractivity contribution in [3.63, 3.8) is 0 Å². The van der Waals surface area contributed by atoms with Gasteiger partial charge in [-0.1, -0.05) is 19.1 Å². The maximum absolute atomic E-state index is 12.4. The fraction of sp³-hybridized carbons (Fsp3) is 0.143. The number of hydrogen-bond donors (Lipinski definition) is 1. The molecule has 0 atom stereocenters. The summed E-state index contributed by atoms with van der Waals surface area (Å²) in [5.74, 6) is -0.201. The third-order valence-corrected chi connectivity index (χ3v) is 4.47. The minimum Gasteiger partial charge on any atom is -0.322 e. The number of rotatable bonds is 4. The lowest BCUT2D eigenvalue weighted by molar-refractivity contribution is 0.102. The largest absolute Gasteiger partial charge is 0.322 e. The lowest BCUT2D eigenvalue weighted by Crippen LogP contribution is -2.12. The molecule has 0 aliphatic heterocycles. The molecule has 2 aromatic heterocycles. The highest BCUT2D eigenvalue weighted by molar-refractivity contribution is 6.05. The van der Waals surface area contributed by atoms with Crippen LogP contribution in [0.2, 0.25) is 0 Å². The molecule has 1 amide bonds. The molecule has 0 saturated heterocycles. The molecule has 0 aliphatic rings. The van der Waals surface area contributed by atoms with Crippen molar-refractivity contribution in [1.29, 1.82) is 0 Å². The van der Waals surface area contributed by atoms with Crippen LogP contribution in [0.3, 0.4) is 0 Å². The second-order valence-corrected chi connectivity index (χ2v) is 6.36. The molecular weight excluding hydrogens is 338 g/mol. The van der Waals surface area contributed by atoms with Gasteiger partial charge in [0, 0.05) is 18.1 Å². The van der Waals surface area contributed by atoms with Crippen LogP contribution in [0.1, 0.15) is 28.4 Å². The predicted molar refractivity (Wildman–Crippen MR) is 105 cm³/mol. The third kappa shape index (κ3) is 3.42. The van der Waals surface area contributed by atoms with E-state index in [1.165, 1.54) is 5.56 Å². The Morgan fingerprint density at radius 3 is 2.48 bits per heavy atom. The third-order valence-electron chi connectivity index (χ3n) is 4.47. The van der Waals surface area contributed by atoms with Crippen LogP contribution >= 0.6 is 0 Å². The SMILES string of the molecule is CCc1ccc(-n2nc3cc(C)c(NC(=O)c4cccnc4)cc3n2)cc1. The fourth-order valence-electron chi connectivity index (χ4n) is 2.87. The second kappa shape index (κ2) is 6.99. The molecule has 6 nitrogen and oxygen atoms in total. The number of nitrogens with one attached hydrogen (secondary N) is 1. The highest BCUT2D eigenvalue weighted by Crippen LogP contribution is 2.23. The highest BCUT2D eigenvalue weighted by atomic mass is 16.1. The Kier molecular flexibility index (Phi) is 4.38. The number of fused-ring (bicyclic) bond motifs is 1. The first-order chi connectivity index (χ1) is 13.1. The Morgan fingerprint density at radius 2 is 1.81 bits per heavy atom. The summed E-state index contributed by atoms with van der Waals surface area (Å²) in [6.07, 6.45) is 4.17. The lowest BCUT2D eigenvalue weighted by Gasteiger charge is -2.07. The molecule has 2 aromatic carbocycles. The molecule has 27 heavy (non-hydrogen) atoms. The average Bonchev–Trinajstić information content (AvgIpc) is 3.11. The molecule has 0 bridgehead atoms. The van der Waals surface area contributed by atoms with E-state index in [0.717, 1.165) is 28.7 Å². The number of aryl methyl sites for hydroxylation is 2. The molecule has 0 unspecified atom stereocenters. The highest BCUT2D eigenvalue weighted by Gasteiger charge is 2.12. The van der Waals surface area contributed by atoms with E-state index >= 15 is 0 Å². The van der Waals surface area contributed by atoms with Gasteiger partial charge in [-0.05, 0) is 60.9 Å². The van der Waals surface area contributed by atoms with Crippen molar-refractivity contribution in [1.82, 2.24) is 20.0 Å². The molecule has 0 spiro atoms. The molecule has 1 N–H and O–H groups in total. The summed E-state index contributed by atoms with van der Waals surface area (Å²) in [6.45, 7) is 4.06. The molecule has 0 radical (unpaired) electrons. The smallest absolute Gasteiger partial charge is 0.257 e. The van der Waals surface area contributed by atoms with Crippen LogP contribution in [-0.2, 0) is 6.42 Å². The molecule has 4 aromatic rings. The molecule has 134 valence electrons. The number of hydrogen-bond acceptors (Lipinski definition) is 4. The normalized spacial score (nSPS) is 10.9. The number of nitrogens with zero attached hydrogens (tertiary/aromatic N) is 4. The minimum atomic E-state index is -0.201. The van der Waals surface area contributed by atoms with Gasteiger partial charge in [0.05, 0.1) is 11.3 Å². The van der Waals surface area contributed by atoms with Gasteiger partial charge >= 0.3 is 0 Å². The van der Waals surface area contributed by atoms with Crippen molar-refractivity contribution >= 4 is 22.6 Å². The second-order valence-electron chi connectivity index (χ2n) is 6.36. The van der Waals surface area contributed by atoms with Crippen molar-refractivity contribution in [3.05, 3.63) is 77.6 Å². The van der Waals surface area contributed by atoms with Gasteiger partial charge in [0.1, 0.15) is 11.0 Å². The van der Waals surface area contributed by atoms with Gasteiger partial charge in [0.15, 0.2) is 0 Å². The predicted octanol–water partition coefficient (Wildman–Crippen LogP) is 3.94. The molecule has 0 fully saturated rings. The Bertz CT molecular complexity index is 1100. The maximum atomic E-state index is 12.4. The van der Waals surface area contributed by atoms with E-state index in [4.69, 9.17) is 0 Å². The van der Waals surface area contributed by atoms with E-state index in [0.29, 0.717) is 11.3 Å². The summed E-state index contributed by atoms with van der Waals surface area (Å²) < 4.78 is 0. The van der Waals surface area contributed by atoms with Gasteiger partial charge in [-0.2, -0.15) is 4.80 Å². The number of pyridine rings is 1. The van der Waals surface area contributed by atoms with Crippen molar-refractivity contribution < 1.29 is 4.79 Å². The van der Waals surface area contributed by atoms with Gasteiger partial charge < -0.3 is 5.32 Å².